The Kier molecular flexibility index (Phi) is 18.9. The molecule has 12 heterocycles. The van der Waals surface area contributed by atoms with Crippen LogP contribution in [0.15, 0.2) is 164 Å². The number of carbonyl (C=O) groups is 6. The number of nitrogens with zero attached hydrogens (tertiary/aromatic N) is 9. The second kappa shape index (κ2) is 28.9. The lowest BCUT2D eigenvalue weighted by atomic mass is 9.73. The highest BCUT2D eigenvalue weighted by Crippen LogP contribution is 2.68. The van der Waals surface area contributed by atoms with Crippen LogP contribution >= 0.6 is 69.6 Å². The van der Waals surface area contributed by atoms with Gasteiger partial charge in [0.05, 0.1) is 66.4 Å². The van der Waals surface area contributed by atoms with Crippen LogP contribution in [0.3, 0.4) is 0 Å². The van der Waals surface area contributed by atoms with Gasteiger partial charge in [-0.2, -0.15) is 15.3 Å². The summed E-state index contributed by atoms with van der Waals surface area (Å²) in [5, 5.41) is 56.6. The molecule has 21 nitrogen and oxygen atoms in total. The van der Waals surface area contributed by atoms with E-state index >= 15 is 13.2 Å². The molecule has 3 amide bonds. The first-order valence-corrected chi connectivity index (χ1v) is 42.5. The number of aromatic nitrogens is 6. The Morgan fingerprint density at radius 2 is 0.769 bits per heavy atom. The standard InChI is InChI=1S/C31H27Cl2FN4O3.C30H23Cl2FN4O3.C30H25Cl2FN4O3/c1-15(2)10-11-37-25-14-24-18-8-6-16(29(39)40)12-22(18)36-38(24)28(25)26(19-4-3-5-21(33)27(19)34)31(37)20-9-7-17(32)13-23(20)35-30(31)41;31-16-7-9-19-22(11-16)34-29(40)30(19)25(18-2-1-3-20(32)26(18)33)27-24(36(30)13-14-4-5-14)12-23-17-8-6-15(28(38)39)10-21(17)35-37(23)27;1-14(2)13-36-24-12-23-17-8-6-15(28(38)39)10-21(17)35-37(23)27(24)25(18-4-3-5-20(32)26(18)33)30(36)19-9-7-16(31)11-22(19)34-29(30)40/h3-9,12-13,15,25-26,28H,10-11,14H2,1-2H3,(H,35,41)(H,39,40);1-3,6-11,14,24-25,27H,4-5,12-13H2,(H,34,40)(H,38,39);3-11,14,24-25,27H,12-13H2,1-2H3,(H,34,40)(H,38,39)/t25-,26-,28+,31+;2*24-,25-,27+,30+/m000/s1. The van der Waals surface area contributed by atoms with E-state index in [-0.39, 0.29) is 73.5 Å². The van der Waals surface area contributed by atoms with Crippen LogP contribution in [0.25, 0.3) is 32.7 Å². The van der Waals surface area contributed by atoms with Gasteiger partial charge in [0.25, 0.3) is 0 Å². The third-order valence-corrected chi connectivity index (χ3v) is 28.5. The number of halogens is 9. The minimum Gasteiger partial charge on any atom is -0.478 e. The first-order valence-electron chi connectivity index (χ1n) is 40.2. The Hall–Kier alpha value is -10.4. The molecule has 4 fully saturated rings. The fourth-order valence-corrected chi connectivity index (χ4v) is 23.2. The summed E-state index contributed by atoms with van der Waals surface area (Å²) in [4.78, 5) is 84.8. The molecule has 3 spiro atoms. The van der Waals surface area contributed by atoms with Gasteiger partial charge in [-0.25, -0.2) is 27.6 Å². The highest BCUT2D eigenvalue weighted by molar-refractivity contribution is 6.33. The number of rotatable bonds is 13. The molecule has 3 aromatic heterocycles. The quantitative estimate of drug-likeness (QED) is 0.0627. The van der Waals surface area contributed by atoms with E-state index in [0.29, 0.717) is 116 Å². The molecule has 12 aromatic rings. The maximum absolute atomic E-state index is 16.1. The number of nitrogens with one attached hydrogen (secondary N) is 3. The second-order valence-electron chi connectivity index (χ2n) is 34.2. The van der Waals surface area contributed by atoms with Crippen LogP contribution in [0.1, 0.15) is 164 Å². The zero-order chi connectivity index (χ0) is 84.4. The summed E-state index contributed by atoms with van der Waals surface area (Å²) in [6, 6.07) is 44.0. The zero-order valence-corrected chi connectivity index (χ0v) is 69.6. The number of likely N-dealkylation sites (tertiary alicyclic amines) is 3. The maximum Gasteiger partial charge on any atom is 0.335 e. The first kappa shape index (κ1) is 79.1. The number of fused-ring (bicyclic) bond motifs is 21. The van der Waals surface area contributed by atoms with E-state index in [1.807, 2.05) is 32.2 Å². The van der Waals surface area contributed by atoms with E-state index in [1.54, 1.807) is 127 Å². The van der Waals surface area contributed by atoms with E-state index in [4.69, 9.17) is 84.9 Å². The van der Waals surface area contributed by atoms with Crippen molar-refractivity contribution in [2.45, 2.75) is 137 Å². The number of hydrogen-bond acceptors (Lipinski definition) is 12. The molecule has 1 aliphatic carbocycles. The van der Waals surface area contributed by atoms with E-state index in [2.05, 4.69) is 58.3 Å². The summed E-state index contributed by atoms with van der Waals surface area (Å²) < 4.78 is 53.9. The number of carboxylic acid groups (broad SMARTS) is 3. The van der Waals surface area contributed by atoms with Crippen LogP contribution in [0, 0.1) is 35.2 Å². The van der Waals surface area contributed by atoms with Gasteiger partial charge < -0.3 is 31.3 Å². The molecule has 9 aromatic carbocycles. The van der Waals surface area contributed by atoms with Crippen molar-refractivity contribution in [1.29, 1.82) is 0 Å². The van der Waals surface area contributed by atoms with Gasteiger partial charge in [-0.05, 0) is 145 Å². The van der Waals surface area contributed by atoms with E-state index < -0.39 is 87.9 Å². The SMILES string of the molecule is CC(C)CCN1[C@H]2Cc3c4ccc(C(=O)O)cc4nn3[C@H]2[C@H](c2cccc(Cl)c2F)[C@]12C(=O)Nc1cc(Cl)ccc12.CC(C)CN1[C@H]2Cc3c4ccc(C(=O)O)cc4nn3[C@H]2[C@H](c2cccc(Cl)c2F)[C@]12C(=O)Nc1cc(Cl)ccc12.O=C(O)c1ccc2c3n(nc2c1)[C@@H]1[C@H](C3)N(CC2CC2)[C@@]2(C(=O)Nc3cc(Cl)ccc32)[C@H]1c1cccc(Cl)c1F. The van der Waals surface area contributed by atoms with Crippen molar-refractivity contribution in [3.05, 3.63) is 279 Å². The summed E-state index contributed by atoms with van der Waals surface area (Å²) in [6.45, 7) is 10.4. The molecular formula is C91H75Cl6F3N12O9. The Labute approximate surface area is 720 Å². The minimum absolute atomic E-state index is 0.00507. The average Bonchev–Trinajstić information content (AvgIpc) is 1.50. The van der Waals surface area contributed by atoms with E-state index in [9.17, 15) is 44.1 Å². The van der Waals surface area contributed by atoms with Crippen LogP contribution in [-0.4, -0.2) is 133 Å². The van der Waals surface area contributed by atoms with Crippen LogP contribution < -0.4 is 16.0 Å². The van der Waals surface area contributed by atoms with Crippen molar-refractivity contribution in [2.24, 2.45) is 17.8 Å². The minimum atomic E-state index is -1.24. The van der Waals surface area contributed by atoms with Gasteiger partial charge in [0, 0.05) is 157 Å². The predicted octanol–water partition coefficient (Wildman–Crippen LogP) is 18.9. The third kappa shape index (κ3) is 11.7. The number of carbonyl (C=O) groups excluding carboxylic acids is 3. The fraction of sp³-hybridized carbons (Fsp3) is 0.308. The summed E-state index contributed by atoms with van der Waals surface area (Å²) in [5.41, 5.74) is 6.42. The van der Waals surface area contributed by atoms with Gasteiger partial charge in [-0.15, -0.1) is 0 Å². The van der Waals surface area contributed by atoms with Gasteiger partial charge in [0.15, 0.2) is 0 Å². The lowest BCUT2D eigenvalue weighted by Gasteiger charge is -2.40. The topological polar surface area (TPSA) is 262 Å². The Morgan fingerprint density at radius 1 is 0.438 bits per heavy atom. The van der Waals surface area contributed by atoms with Crippen molar-refractivity contribution < 1.29 is 57.3 Å². The molecule has 22 rings (SSSR count). The molecule has 9 aliphatic heterocycles. The van der Waals surface area contributed by atoms with Crippen molar-refractivity contribution in [3.63, 3.8) is 0 Å². The molecule has 3 saturated heterocycles. The molecule has 30 heteroatoms. The number of amides is 3. The van der Waals surface area contributed by atoms with Crippen LogP contribution in [0.4, 0.5) is 30.2 Å². The van der Waals surface area contributed by atoms with Gasteiger partial charge in [-0.3, -0.25) is 43.1 Å². The average molecular weight is 1750 g/mol. The molecule has 121 heavy (non-hydrogen) atoms. The van der Waals surface area contributed by atoms with Crippen molar-refractivity contribution in [2.75, 3.05) is 35.6 Å². The number of aromatic carboxylic acids is 3. The molecule has 0 radical (unpaired) electrons. The highest BCUT2D eigenvalue weighted by atomic mass is 35.5. The van der Waals surface area contributed by atoms with Gasteiger partial charge >= 0.3 is 17.9 Å². The van der Waals surface area contributed by atoms with Crippen molar-refractivity contribution >= 4 is 155 Å². The molecule has 1 saturated carbocycles. The molecular weight excluding hydrogens is 1670 g/mol. The van der Waals surface area contributed by atoms with E-state index in [0.717, 1.165) is 69.2 Å². The second-order valence-corrected chi connectivity index (χ2v) is 36.7. The largest absolute Gasteiger partial charge is 0.478 e. The molecule has 616 valence electrons. The smallest absolute Gasteiger partial charge is 0.335 e. The molecule has 0 bridgehead atoms. The Morgan fingerprint density at radius 3 is 1.10 bits per heavy atom. The van der Waals surface area contributed by atoms with Crippen molar-refractivity contribution in [3.8, 4) is 0 Å². The summed E-state index contributed by atoms with van der Waals surface area (Å²) in [5.74, 6) is -6.46. The number of anilines is 3. The zero-order valence-electron chi connectivity index (χ0n) is 65.1. The van der Waals surface area contributed by atoms with Gasteiger partial charge in [0.1, 0.15) is 34.1 Å². The van der Waals surface area contributed by atoms with E-state index in [1.165, 1.54) is 18.2 Å². The van der Waals surface area contributed by atoms with Gasteiger partial charge in [0.2, 0.25) is 17.7 Å². The highest BCUT2D eigenvalue weighted by Gasteiger charge is 2.73. The van der Waals surface area contributed by atoms with Gasteiger partial charge in [-0.1, -0.05) is 170 Å². The van der Waals surface area contributed by atoms with Crippen LogP contribution in [0.5, 0.6) is 0 Å². The predicted molar refractivity (Wildman–Crippen MR) is 455 cm³/mol. The lowest BCUT2D eigenvalue weighted by molar-refractivity contribution is -0.128. The third-order valence-electron chi connectivity index (χ3n) is 26.9. The maximum atomic E-state index is 16.1. The summed E-state index contributed by atoms with van der Waals surface area (Å²) >= 11 is 38.1. The first-order chi connectivity index (χ1) is 58.0. The lowest BCUT2D eigenvalue weighted by Crippen LogP contribution is -2.53. The number of hydrogen-bond donors (Lipinski definition) is 6. The summed E-state index contributed by atoms with van der Waals surface area (Å²) in [6.07, 6.45) is 4.73. The monoisotopic (exact) mass is 1750 g/mol. The Balaban J connectivity index is 0.000000116. The molecule has 0 unspecified atom stereocenters. The molecule has 10 aliphatic rings. The van der Waals surface area contributed by atoms with Crippen LogP contribution in [-0.2, 0) is 50.3 Å². The number of benzene rings is 9. The molecule has 12 atom stereocenters. The Bertz CT molecular complexity index is 6290. The van der Waals surface area contributed by atoms with Crippen molar-refractivity contribution in [1.82, 2.24) is 44.0 Å². The normalized spacial score (nSPS) is 25.5. The molecule has 6 N–H and O–H groups in total. The number of carboxylic acids is 3. The summed E-state index contributed by atoms with van der Waals surface area (Å²) in [7, 11) is 0. The van der Waals surface area contributed by atoms with Crippen LogP contribution in [0.2, 0.25) is 30.1 Å². The fourth-order valence-electron chi connectivity index (χ4n) is 22.1.